The summed E-state index contributed by atoms with van der Waals surface area (Å²) in [5, 5.41) is 17.7. The van der Waals surface area contributed by atoms with Crippen molar-refractivity contribution in [3.05, 3.63) is 27.8 Å². The van der Waals surface area contributed by atoms with E-state index in [1.54, 1.807) is 6.07 Å². The monoisotopic (exact) mass is 433 g/mol. The molecule has 0 atom stereocenters. The predicted molar refractivity (Wildman–Crippen MR) is 117 cm³/mol. The maximum atomic E-state index is 13.2. The highest BCUT2D eigenvalue weighted by Gasteiger charge is 2.28. The van der Waals surface area contributed by atoms with E-state index in [0.29, 0.717) is 37.9 Å². The van der Waals surface area contributed by atoms with Gasteiger partial charge in [0.15, 0.2) is 0 Å². The van der Waals surface area contributed by atoms with E-state index >= 15 is 0 Å². The van der Waals surface area contributed by atoms with Gasteiger partial charge in [0.25, 0.3) is 11.6 Å². The number of nitrogens with two attached hydrogens (primary N) is 1. The molecule has 2 fully saturated rings. The minimum Gasteiger partial charge on any atom is -0.379 e. The van der Waals surface area contributed by atoms with E-state index in [0.717, 1.165) is 25.7 Å². The van der Waals surface area contributed by atoms with Crippen molar-refractivity contribution in [1.29, 1.82) is 0 Å². The Kier molecular flexibility index (Phi) is 7.67. The minimum absolute atomic E-state index is 0.0480. The predicted octanol–water partition coefficient (Wildman–Crippen LogP) is 2.03. The molecule has 1 heterocycles. The molecule has 1 aromatic carbocycles. The van der Waals surface area contributed by atoms with E-state index in [1.165, 1.54) is 6.07 Å². The van der Waals surface area contributed by atoms with Crippen molar-refractivity contribution in [3.63, 3.8) is 0 Å². The van der Waals surface area contributed by atoms with Crippen LogP contribution in [-0.2, 0) is 9.53 Å². The average molecular weight is 434 g/mol. The van der Waals surface area contributed by atoms with Gasteiger partial charge < -0.3 is 26.0 Å². The fourth-order valence-electron chi connectivity index (χ4n) is 4.11. The quantitative estimate of drug-likeness (QED) is 0.421. The van der Waals surface area contributed by atoms with Gasteiger partial charge in [-0.1, -0.05) is 6.92 Å². The largest absolute Gasteiger partial charge is 0.379 e. The molecule has 1 aromatic rings. The lowest BCUT2D eigenvalue weighted by Gasteiger charge is -2.32. The van der Waals surface area contributed by atoms with Gasteiger partial charge in [-0.15, -0.1) is 0 Å². The lowest BCUT2D eigenvalue weighted by atomic mass is 9.87. The van der Waals surface area contributed by atoms with Crippen LogP contribution in [0.25, 0.3) is 0 Å². The van der Waals surface area contributed by atoms with E-state index in [-0.39, 0.29) is 41.9 Å². The van der Waals surface area contributed by atoms with E-state index in [9.17, 15) is 19.7 Å². The van der Waals surface area contributed by atoms with Crippen LogP contribution in [0.1, 0.15) is 49.4 Å². The molecule has 3 rings (SSSR count). The third kappa shape index (κ3) is 6.06. The first kappa shape index (κ1) is 22.8. The molecular weight excluding hydrogens is 402 g/mol. The van der Waals surface area contributed by atoms with Crippen LogP contribution in [0.15, 0.2) is 12.1 Å². The Labute approximate surface area is 181 Å². The number of nitro groups is 1. The molecule has 10 nitrogen and oxygen atoms in total. The van der Waals surface area contributed by atoms with Crippen molar-refractivity contribution < 1.29 is 19.2 Å². The number of rotatable bonds is 8. The second kappa shape index (κ2) is 10.4. The molecular formula is C21H31N5O5. The van der Waals surface area contributed by atoms with Gasteiger partial charge >= 0.3 is 0 Å². The molecule has 0 aromatic heterocycles. The van der Waals surface area contributed by atoms with Gasteiger partial charge in [0.05, 0.1) is 29.4 Å². The van der Waals surface area contributed by atoms with Crippen molar-refractivity contribution in [1.82, 2.24) is 5.32 Å². The van der Waals surface area contributed by atoms with Crippen molar-refractivity contribution in [3.8, 4) is 0 Å². The third-order valence-electron chi connectivity index (χ3n) is 5.95. The summed E-state index contributed by atoms with van der Waals surface area (Å²) in [5.41, 5.74) is 6.14. The molecule has 1 saturated carbocycles. The zero-order chi connectivity index (χ0) is 22.4. The molecule has 31 heavy (non-hydrogen) atoms. The summed E-state index contributed by atoms with van der Waals surface area (Å²) >= 11 is 0. The molecule has 2 aliphatic rings. The molecule has 170 valence electrons. The zero-order valence-electron chi connectivity index (χ0n) is 17.9. The van der Waals surface area contributed by atoms with E-state index in [4.69, 9.17) is 10.5 Å². The number of ether oxygens (including phenoxy) is 1. The Morgan fingerprint density at radius 2 is 1.90 bits per heavy atom. The standard InChI is InChI=1S/C21H31N5O5/c1-14-2-4-15(5-3-14)24-21(28)16-12-19(26(29)30)17(23-7-6-20(22)27)13-18(16)25-8-10-31-11-9-25/h12-15,23H,2-11H2,1H3,(H2,22,27)(H,24,28)/t14-,15-. The smallest absolute Gasteiger partial charge is 0.293 e. The summed E-state index contributed by atoms with van der Waals surface area (Å²) in [6.07, 6.45) is 3.99. The number of morpholine rings is 1. The number of hydrogen-bond acceptors (Lipinski definition) is 7. The lowest BCUT2D eigenvalue weighted by Crippen LogP contribution is -2.40. The second-order valence-electron chi connectivity index (χ2n) is 8.32. The fourth-order valence-corrected chi connectivity index (χ4v) is 4.11. The molecule has 2 amide bonds. The lowest BCUT2D eigenvalue weighted by molar-refractivity contribution is -0.384. The molecule has 1 aliphatic heterocycles. The van der Waals surface area contributed by atoms with Crippen LogP contribution in [0.2, 0.25) is 0 Å². The number of nitrogens with zero attached hydrogens (tertiary/aromatic N) is 2. The normalized spacial score (nSPS) is 21.4. The Balaban J connectivity index is 1.90. The van der Waals surface area contributed by atoms with Crippen molar-refractivity contribution in [2.45, 2.75) is 45.1 Å². The summed E-state index contributed by atoms with van der Waals surface area (Å²) < 4.78 is 5.42. The number of anilines is 2. The highest BCUT2D eigenvalue weighted by Crippen LogP contribution is 2.34. The minimum atomic E-state index is -0.519. The van der Waals surface area contributed by atoms with Gasteiger partial charge in [0.2, 0.25) is 5.91 Å². The molecule has 4 N–H and O–H groups in total. The zero-order valence-corrected chi connectivity index (χ0v) is 17.9. The van der Waals surface area contributed by atoms with Gasteiger partial charge in [0, 0.05) is 38.2 Å². The van der Waals surface area contributed by atoms with Gasteiger partial charge in [-0.3, -0.25) is 19.7 Å². The molecule has 0 spiro atoms. The number of amides is 2. The first-order valence-electron chi connectivity index (χ1n) is 10.8. The fraction of sp³-hybridized carbons (Fsp3) is 0.619. The highest BCUT2D eigenvalue weighted by atomic mass is 16.6. The molecule has 1 saturated heterocycles. The number of carbonyl (C=O) groups is 2. The Hall–Kier alpha value is -2.88. The Bertz CT molecular complexity index is 817. The van der Waals surface area contributed by atoms with Crippen LogP contribution < -0.4 is 21.3 Å². The van der Waals surface area contributed by atoms with Crippen LogP contribution >= 0.6 is 0 Å². The molecule has 10 heteroatoms. The number of nitrogens with one attached hydrogen (secondary N) is 2. The van der Waals surface area contributed by atoms with E-state index in [1.807, 2.05) is 4.90 Å². The number of benzene rings is 1. The average Bonchev–Trinajstić information content (AvgIpc) is 2.75. The maximum Gasteiger partial charge on any atom is 0.293 e. The number of hydrogen-bond donors (Lipinski definition) is 3. The summed E-state index contributed by atoms with van der Waals surface area (Å²) in [6, 6.07) is 3.04. The van der Waals surface area contributed by atoms with Crippen molar-refractivity contribution >= 4 is 28.9 Å². The summed E-state index contributed by atoms with van der Waals surface area (Å²) in [6.45, 7) is 4.58. The molecule has 0 unspecified atom stereocenters. The van der Waals surface area contributed by atoms with Crippen LogP contribution in [0.3, 0.4) is 0 Å². The van der Waals surface area contributed by atoms with E-state index < -0.39 is 10.8 Å². The third-order valence-corrected chi connectivity index (χ3v) is 5.95. The molecule has 1 aliphatic carbocycles. The van der Waals surface area contributed by atoms with Crippen LogP contribution in [-0.4, -0.2) is 55.6 Å². The number of carbonyl (C=O) groups excluding carboxylic acids is 2. The highest BCUT2D eigenvalue weighted by molar-refractivity contribution is 6.02. The topological polar surface area (TPSA) is 140 Å². The molecule has 0 bridgehead atoms. The first-order valence-corrected chi connectivity index (χ1v) is 10.8. The van der Waals surface area contributed by atoms with Crippen LogP contribution in [0.4, 0.5) is 17.1 Å². The Morgan fingerprint density at radius 1 is 1.23 bits per heavy atom. The maximum absolute atomic E-state index is 13.2. The summed E-state index contributed by atoms with van der Waals surface area (Å²) in [7, 11) is 0. The van der Waals surface area contributed by atoms with Crippen molar-refractivity contribution in [2.75, 3.05) is 43.1 Å². The molecule has 0 radical (unpaired) electrons. The second-order valence-corrected chi connectivity index (χ2v) is 8.32. The van der Waals surface area contributed by atoms with Gasteiger partial charge in [-0.05, 0) is 37.7 Å². The van der Waals surface area contributed by atoms with Crippen LogP contribution in [0.5, 0.6) is 0 Å². The number of primary amides is 1. The van der Waals surface area contributed by atoms with Crippen molar-refractivity contribution in [2.24, 2.45) is 11.7 Å². The van der Waals surface area contributed by atoms with Gasteiger partial charge in [0.1, 0.15) is 5.69 Å². The number of nitro benzene ring substituents is 1. The SMILES string of the molecule is C[C@H]1CC[C@H](NC(=O)c2cc([N+](=O)[O-])c(NCCC(N)=O)cc2N2CCOCC2)CC1. The Morgan fingerprint density at radius 3 is 2.52 bits per heavy atom. The summed E-state index contributed by atoms with van der Waals surface area (Å²) in [5.74, 6) is -0.141. The van der Waals surface area contributed by atoms with E-state index in [2.05, 4.69) is 17.6 Å². The van der Waals surface area contributed by atoms with Crippen LogP contribution in [0, 0.1) is 16.0 Å². The first-order chi connectivity index (χ1) is 14.8. The summed E-state index contributed by atoms with van der Waals surface area (Å²) in [4.78, 5) is 37.4. The van der Waals surface area contributed by atoms with Gasteiger partial charge in [-0.2, -0.15) is 0 Å². The van der Waals surface area contributed by atoms with Gasteiger partial charge in [-0.25, -0.2) is 0 Å².